The quantitative estimate of drug-likeness (QED) is 0.298. The summed E-state index contributed by atoms with van der Waals surface area (Å²) < 4.78 is 15.7. The summed E-state index contributed by atoms with van der Waals surface area (Å²) in [6, 6.07) is 0. The number of ether oxygens (including phenoxy) is 3. The Balaban J connectivity index is 3.83. The molecule has 0 bridgehead atoms. The second-order valence-corrected chi connectivity index (χ2v) is 3.99. The number of hydrogen-bond acceptors (Lipinski definition) is 7. The Kier molecular flexibility index (Phi) is 12.1. The van der Waals surface area contributed by atoms with Crippen molar-refractivity contribution >= 4 is 0 Å². The lowest BCUT2D eigenvalue weighted by atomic mass is 10.3. The van der Waals surface area contributed by atoms with Crippen LogP contribution in [-0.4, -0.2) is 85.0 Å². The zero-order valence-electron chi connectivity index (χ0n) is 11.0. The minimum atomic E-state index is -0.919. The van der Waals surface area contributed by atoms with Crippen molar-refractivity contribution in [3.8, 4) is 0 Å². The van der Waals surface area contributed by atoms with Gasteiger partial charge in [0.1, 0.15) is 18.3 Å². The van der Waals surface area contributed by atoms with Crippen LogP contribution >= 0.6 is 0 Å². The standard InChI is InChI=1S/C12H24O7/c1-2-3-19-12(8-17-6-10(15)4-13)9-18-7-11(16)5-14/h2,10-16H,1,3-9H2. The highest BCUT2D eigenvalue weighted by atomic mass is 16.6. The number of aliphatic hydroxyl groups is 4. The molecule has 19 heavy (non-hydrogen) atoms. The second-order valence-electron chi connectivity index (χ2n) is 3.99. The van der Waals surface area contributed by atoms with Crippen molar-refractivity contribution < 1.29 is 34.6 Å². The van der Waals surface area contributed by atoms with Crippen LogP contribution in [0.25, 0.3) is 0 Å². The van der Waals surface area contributed by atoms with Gasteiger partial charge in [-0.15, -0.1) is 6.58 Å². The molecule has 0 aliphatic rings. The molecule has 2 atom stereocenters. The molecule has 114 valence electrons. The molecule has 4 N–H and O–H groups in total. The fraction of sp³-hybridized carbons (Fsp3) is 0.833. The SMILES string of the molecule is C=CCOC(COCC(O)CO)COCC(O)CO. The Morgan fingerprint density at radius 2 is 1.37 bits per heavy atom. The molecule has 0 amide bonds. The number of hydrogen-bond donors (Lipinski definition) is 4. The summed E-state index contributed by atoms with van der Waals surface area (Å²) in [5, 5.41) is 35.4. The number of rotatable bonds is 13. The van der Waals surface area contributed by atoms with E-state index in [4.69, 9.17) is 34.6 Å². The topological polar surface area (TPSA) is 109 Å². The van der Waals surface area contributed by atoms with Crippen molar-refractivity contribution in [3.63, 3.8) is 0 Å². The van der Waals surface area contributed by atoms with E-state index in [0.717, 1.165) is 0 Å². The molecule has 7 nitrogen and oxygen atoms in total. The van der Waals surface area contributed by atoms with Crippen molar-refractivity contribution in [1.29, 1.82) is 0 Å². The van der Waals surface area contributed by atoms with Gasteiger partial charge in [-0.25, -0.2) is 0 Å². The van der Waals surface area contributed by atoms with Crippen LogP contribution in [0.15, 0.2) is 12.7 Å². The van der Waals surface area contributed by atoms with Gasteiger partial charge in [-0.05, 0) is 0 Å². The first-order valence-corrected chi connectivity index (χ1v) is 6.09. The van der Waals surface area contributed by atoms with Crippen LogP contribution in [-0.2, 0) is 14.2 Å². The van der Waals surface area contributed by atoms with Crippen LogP contribution < -0.4 is 0 Å². The van der Waals surface area contributed by atoms with Gasteiger partial charge < -0.3 is 34.6 Å². The normalized spacial score (nSPS) is 16.0. The Hall–Kier alpha value is -0.540. The molecule has 0 saturated carbocycles. The molecule has 0 aromatic carbocycles. The van der Waals surface area contributed by atoms with E-state index in [1.165, 1.54) is 0 Å². The van der Waals surface area contributed by atoms with Crippen molar-refractivity contribution in [2.24, 2.45) is 0 Å². The lowest BCUT2D eigenvalue weighted by Crippen LogP contribution is -2.30. The van der Waals surface area contributed by atoms with E-state index in [-0.39, 0.29) is 45.7 Å². The molecule has 0 spiro atoms. The molecular formula is C12H24O7. The Labute approximate surface area is 113 Å². The summed E-state index contributed by atoms with van der Waals surface area (Å²) in [7, 11) is 0. The summed E-state index contributed by atoms with van der Waals surface area (Å²) in [5.41, 5.74) is 0. The third kappa shape index (κ3) is 11.0. The molecule has 7 heteroatoms. The first-order valence-electron chi connectivity index (χ1n) is 6.09. The van der Waals surface area contributed by atoms with Crippen LogP contribution in [0.2, 0.25) is 0 Å². The van der Waals surface area contributed by atoms with Crippen LogP contribution in [0.3, 0.4) is 0 Å². The minimum absolute atomic E-state index is 0.00368. The molecular weight excluding hydrogens is 256 g/mol. The fourth-order valence-corrected chi connectivity index (χ4v) is 1.12. The van der Waals surface area contributed by atoms with Gasteiger partial charge in [0.2, 0.25) is 0 Å². The largest absolute Gasteiger partial charge is 0.394 e. The first-order chi connectivity index (χ1) is 9.13. The smallest absolute Gasteiger partial charge is 0.104 e. The molecule has 0 aromatic heterocycles. The summed E-state index contributed by atoms with van der Waals surface area (Å²) in [5.74, 6) is 0. The van der Waals surface area contributed by atoms with Gasteiger partial charge in [-0.1, -0.05) is 6.08 Å². The average Bonchev–Trinajstić information content (AvgIpc) is 2.43. The van der Waals surface area contributed by atoms with E-state index in [1.54, 1.807) is 6.08 Å². The van der Waals surface area contributed by atoms with E-state index in [9.17, 15) is 0 Å². The fourth-order valence-electron chi connectivity index (χ4n) is 1.12. The molecule has 0 aromatic rings. The predicted octanol–water partition coefficient (Wildman–Crippen LogP) is -1.70. The van der Waals surface area contributed by atoms with Gasteiger partial charge in [-0.2, -0.15) is 0 Å². The lowest BCUT2D eigenvalue weighted by molar-refractivity contribution is -0.0821. The molecule has 0 fully saturated rings. The molecule has 0 aliphatic heterocycles. The summed E-state index contributed by atoms with van der Waals surface area (Å²) in [4.78, 5) is 0. The van der Waals surface area contributed by atoms with E-state index < -0.39 is 12.2 Å². The van der Waals surface area contributed by atoms with Crippen molar-refractivity contribution in [3.05, 3.63) is 12.7 Å². The maximum atomic E-state index is 9.10. The van der Waals surface area contributed by atoms with E-state index >= 15 is 0 Å². The zero-order valence-corrected chi connectivity index (χ0v) is 11.0. The molecule has 2 unspecified atom stereocenters. The third-order valence-corrected chi connectivity index (χ3v) is 2.10. The zero-order chi connectivity index (χ0) is 14.5. The van der Waals surface area contributed by atoms with Gasteiger partial charge in [0.15, 0.2) is 0 Å². The molecule has 0 saturated heterocycles. The highest BCUT2D eigenvalue weighted by Gasteiger charge is 2.12. The first kappa shape index (κ1) is 18.5. The molecule has 0 rings (SSSR count). The minimum Gasteiger partial charge on any atom is -0.394 e. The Bertz CT molecular complexity index is 196. The second kappa shape index (κ2) is 12.5. The monoisotopic (exact) mass is 280 g/mol. The summed E-state index contributed by atoms with van der Waals surface area (Å²) in [6.07, 6.45) is -0.637. The lowest BCUT2D eigenvalue weighted by Gasteiger charge is -2.19. The van der Waals surface area contributed by atoms with Gasteiger partial charge in [-0.3, -0.25) is 0 Å². The van der Waals surface area contributed by atoms with E-state index in [0.29, 0.717) is 6.61 Å². The average molecular weight is 280 g/mol. The van der Waals surface area contributed by atoms with Crippen LogP contribution in [0.5, 0.6) is 0 Å². The number of aliphatic hydroxyl groups excluding tert-OH is 4. The highest BCUT2D eigenvalue weighted by molar-refractivity contribution is 4.67. The van der Waals surface area contributed by atoms with Gasteiger partial charge in [0.05, 0.1) is 46.2 Å². The molecule has 0 aliphatic carbocycles. The summed E-state index contributed by atoms with van der Waals surface area (Å²) in [6.45, 7) is 3.49. The molecule has 0 heterocycles. The van der Waals surface area contributed by atoms with Crippen molar-refractivity contribution in [2.75, 3.05) is 46.2 Å². The van der Waals surface area contributed by atoms with Crippen molar-refractivity contribution in [1.82, 2.24) is 0 Å². The van der Waals surface area contributed by atoms with Crippen LogP contribution in [0, 0.1) is 0 Å². The maximum absolute atomic E-state index is 9.10. The van der Waals surface area contributed by atoms with E-state index in [2.05, 4.69) is 6.58 Å². The third-order valence-electron chi connectivity index (χ3n) is 2.10. The predicted molar refractivity (Wildman–Crippen MR) is 67.8 cm³/mol. The van der Waals surface area contributed by atoms with Crippen molar-refractivity contribution in [2.45, 2.75) is 18.3 Å². The molecule has 0 radical (unpaired) electrons. The maximum Gasteiger partial charge on any atom is 0.104 e. The Morgan fingerprint density at radius 3 is 1.74 bits per heavy atom. The van der Waals surface area contributed by atoms with Gasteiger partial charge in [0, 0.05) is 0 Å². The van der Waals surface area contributed by atoms with Gasteiger partial charge >= 0.3 is 0 Å². The van der Waals surface area contributed by atoms with Gasteiger partial charge in [0.25, 0.3) is 0 Å². The van der Waals surface area contributed by atoms with Crippen LogP contribution in [0.1, 0.15) is 0 Å². The summed E-state index contributed by atoms with van der Waals surface area (Å²) >= 11 is 0. The van der Waals surface area contributed by atoms with Crippen LogP contribution in [0.4, 0.5) is 0 Å². The van der Waals surface area contributed by atoms with E-state index in [1.807, 2.05) is 0 Å². The Morgan fingerprint density at radius 1 is 0.895 bits per heavy atom. The highest BCUT2D eigenvalue weighted by Crippen LogP contribution is 1.98.